The molecule has 0 aromatic rings. The van der Waals surface area contributed by atoms with Gasteiger partial charge in [0.15, 0.2) is 0 Å². The number of ether oxygens (including phenoxy) is 1. The molecule has 1 aliphatic heterocycles. The van der Waals surface area contributed by atoms with E-state index in [0.717, 1.165) is 0 Å². The van der Waals surface area contributed by atoms with Gasteiger partial charge in [-0.2, -0.15) is 0 Å². The summed E-state index contributed by atoms with van der Waals surface area (Å²) in [5.74, 6) is 1.14. The summed E-state index contributed by atoms with van der Waals surface area (Å²) in [5.41, 5.74) is -0.808. The van der Waals surface area contributed by atoms with E-state index in [1.54, 1.807) is 24.2 Å². The van der Waals surface area contributed by atoms with Crippen LogP contribution in [-0.4, -0.2) is 30.9 Å². The molecule has 1 aliphatic rings. The standard InChI is InChI=1S/C14H21BO4/c1-6-7-8-11-17-12(16)9-10-15-18-13(2,3)14(4,5)19-15/h6-10H,1,11H2,2-5H3/b8-7+,10-9+. The molecule has 0 spiro atoms. The maximum Gasteiger partial charge on any atom is 0.487 e. The molecule has 5 heteroatoms. The first-order valence-electron chi connectivity index (χ1n) is 6.27. The summed E-state index contributed by atoms with van der Waals surface area (Å²) in [6.07, 6.45) is 6.36. The Morgan fingerprint density at radius 1 is 1.26 bits per heavy atom. The molecule has 104 valence electrons. The molecule has 0 aromatic carbocycles. The van der Waals surface area contributed by atoms with Crippen LogP contribution in [0.5, 0.6) is 0 Å². The monoisotopic (exact) mass is 264 g/mol. The zero-order valence-corrected chi connectivity index (χ0v) is 12.0. The quantitative estimate of drug-likeness (QED) is 0.331. The first kappa shape index (κ1) is 15.7. The summed E-state index contributed by atoms with van der Waals surface area (Å²) in [7, 11) is -0.527. The molecule has 0 N–H and O–H groups in total. The van der Waals surface area contributed by atoms with E-state index in [0.29, 0.717) is 0 Å². The lowest BCUT2D eigenvalue weighted by Crippen LogP contribution is -2.41. The fourth-order valence-corrected chi connectivity index (χ4v) is 1.45. The molecule has 1 rings (SSSR count). The average molecular weight is 264 g/mol. The molecule has 0 radical (unpaired) electrons. The van der Waals surface area contributed by atoms with Crippen LogP contribution in [0.15, 0.2) is 36.9 Å². The van der Waals surface area contributed by atoms with Gasteiger partial charge in [-0.15, -0.1) is 0 Å². The Bertz CT molecular complexity index is 380. The zero-order chi connectivity index (χ0) is 14.5. The SMILES string of the molecule is C=C/C=C/COC(=O)/C=C/B1OC(C)(C)C(C)(C)O1. The first-order chi connectivity index (χ1) is 8.78. The highest BCUT2D eigenvalue weighted by molar-refractivity contribution is 6.52. The van der Waals surface area contributed by atoms with Gasteiger partial charge in [0, 0.05) is 6.08 Å². The van der Waals surface area contributed by atoms with Crippen molar-refractivity contribution < 1.29 is 18.8 Å². The van der Waals surface area contributed by atoms with Crippen LogP contribution in [0.4, 0.5) is 0 Å². The van der Waals surface area contributed by atoms with E-state index in [4.69, 9.17) is 14.0 Å². The number of carbonyl (C=O) groups excluding carboxylic acids is 1. The van der Waals surface area contributed by atoms with Crippen molar-refractivity contribution in [1.82, 2.24) is 0 Å². The Morgan fingerprint density at radius 3 is 2.37 bits per heavy atom. The van der Waals surface area contributed by atoms with Crippen LogP contribution in [0.1, 0.15) is 27.7 Å². The van der Waals surface area contributed by atoms with Gasteiger partial charge in [0.05, 0.1) is 11.2 Å². The molecule has 1 heterocycles. The van der Waals surface area contributed by atoms with Gasteiger partial charge < -0.3 is 14.0 Å². The molecule has 4 nitrogen and oxygen atoms in total. The third-order valence-electron chi connectivity index (χ3n) is 3.25. The second-order valence-electron chi connectivity index (χ2n) is 5.28. The number of rotatable bonds is 5. The molecule has 0 saturated carbocycles. The summed E-state index contributed by atoms with van der Waals surface area (Å²) >= 11 is 0. The minimum atomic E-state index is -0.527. The number of carbonyl (C=O) groups is 1. The summed E-state index contributed by atoms with van der Waals surface area (Å²) in [5, 5.41) is 0. The van der Waals surface area contributed by atoms with E-state index in [9.17, 15) is 4.79 Å². The summed E-state index contributed by atoms with van der Waals surface area (Å²) in [4.78, 5) is 11.4. The van der Waals surface area contributed by atoms with Gasteiger partial charge in [0.2, 0.25) is 0 Å². The van der Waals surface area contributed by atoms with E-state index in [2.05, 4.69) is 6.58 Å². The van der Waals surface area contributed by atoms with Crippen LogP contribution in [-0.2, 0) is 18.8 Å². The van der Waals surface area contributed by atoms with Crippen molar-refractivity contribution in [2.75, 3.05) is 6.61 Å². The van der Waals surface area contributed by atoms with Crippen molar-refractivity contribution in [3.63, 3.8) is 0 Å². The Morgan fingerprint density at radius 2 is 1.84 bits per heavy atom. The van der Waals surface area contributed by atoms with E-state index in [-0.39, 0.29) is 6.61 Å². The lowest BCUT2D eigenvalue weighted by Gasteiger charge is -2.32. The van der Waals surface area contributed by atoms with Gasteiger partial charge in [0.1, 0.15) is 6.61 Å². The number of hydrogen-bond donors (Lipinski definition) is 0. The third-order valence-corrected chi connectivity index (χ3v) is 3.25. The lowest BCUT2D eigenvalue weighted by molar-refractivity contribution is -0.136. The molecular weight excluding hydrogens is 243 g/mol. The summed E-state index contributed by atoms with van der Waals surface area (Å²) < 4.78 is 16.4. The van der Waals surface area contributed by atoms with Crippen molar-refractivity contribution in [2.24, 2.45) is 0 Å². The van der Waals surface area contributed by atoms with Crippen molar-refractivity contribution >= 4 is 13.1 Å². The molecule has 1 saturated heterocycles. The maximum absolute atomic E-state index is 11.4. The molecule has 0 bridgehead atoms. The van der Waals surface area contributed by atoms with Crippen molar-refractivity contribution in [1.29, 1.82) is 0 Å². The minimum absolute atomic E-state index is 0.221. The average Bonchev–Trinajstić information content (AvgIpc) is 2.51. The highest BCUT2D eigenvalue weighted by Gasteiger charge is 2.50. The highest BCUT2D eigenvalue weighted by Crippen LogP contribution is 2.36. The van der Waals surface area contributed by atoms with E-state index < -0.39 is 24.3 Å². The summed E-state index contributed by atoms with van der Waals surface area (Å²) in [6.45, 7) is 11.6. The Balaban J connectivity index is 2.44. The molecule has 1 fully saturated rings. The van der Waals surface area contributed by atoms with E-state index >= 15 is 0 Å². The topological polar surface area (TPSA) is 44.8 Å². The Labute approximate surface area is 115 Å². The minimum Gasteiger partial charge on any atom is -0.458 e. The molecular formula is C14H21BO4. The highest BCUT2D eigenvalue weighted by atomic mass is 16.7. The number of allylic oxidation sites excluding steroid dienone is 2. The van der Waals surface area contributed by atoms with Gasteiger partial charge in [-0.25, -0.2) is 4.79 Å². The van der Waals surface area contributed by atoms with Crippen LogP contribution in [0.2, 0.25) is 0 Å². The van der Waals surface area contributed by atoms with Crippen LogP contribution >= 0.6 is 0 Å². The normalized spacial score (nSPS) is 21.2. The zero-order valence-electron chi connectivity index (χ0n) is 12.0. The molecule has 0 unspecified atom stereocenters. The molecule has 0 aromatic heterocycles. The van der Waals surface area contributed by atoms with Crippen LogP contribution in [0, 0.1) is 0 Å². The van der Waals surface area contributed by atoms with Crippen molar-refractivity contribution in [2.45, 2.75) is 38.9 Å². The maximum atomic E-state index is 11.4. The fourth-order valence-electron chi connectivity index (χ4n) is 1.45. The largest absolute Gasteiger partial charge is 0.487 e. The van der Waals surface area contributed by atoms with E-state index in [1.807, 2.05) is 27.7 Å². The van der Waals surface area contributed by atoms with Crippen molar-refractivity contribution in [3.8, 4) is 0 Å². The second-order valence-corrected chi connectivity index (χ2v) is 5.28. The van der Waals surface area contributed by atoms with Crippen LogP contribution < -0.4 is 0 Å². The molecule has 0 aliphatic carbocycles. The van der Waals surface area contributed by atoms with Gasteiger partial charge in [-0.1, -0.05) is 18.7 Å². The van der Waals surface area contributed by atoms with Crippen LogP contribution in [0.3, 0.4) is 0 Å². The second kappa shape index (κ2) is 6.22. The van der Waals surface area contributed by atoms with Crippen molar-refractivity contribution in [3.05, 3.63) is 36.9 Å². The third kappa shape index (κ3) is 4.37. The number of hydrogen-bond acceptors (Lipinski definition) is 4. The lowest BCUT2D eigenvalue weighted by atomic mass is 9.90. The number of esters is 1. The molecule has 0 atom stereocenters. The summed E-state index contributed by atoms with van der Waals surface area (Å²) in [6, 6.07) is 0. The van der Waals surface area contributed by atoms with Gasteiger partial charge in [-0.05, 0) is 39.7 Å². The first-order valence-corrected chi connectivity index (χ1v) is 6.27. The molecule has 19 heavy (non-hydrogen) atoms. The predicted octanol–water partition coefficient (Wildman–Crippen LogP) is 2.46. The van der Waals surface area contributed by atoms with Gasteiger partial charge in [0.25, 0.3) is 0 Å². The Kier molecular flexibility index (Phi) is 5.15. The smallest absolute Gasteiger partial charge is 0.458 e. The predicted molar refractivity (Wildman–Crippen MR) is 75.5 cm³/mol. The Hall–Kier alpha value is -1.33. The van der Waals surface area contributed by atoms with E-state index in [1.165, 1.54) is 6.08 Å². The van der Waals surface area contributed by atoms with Gasteiger partial charge >= 0.3 is 13.1 Å². The van der Waals surface area contributed by atoms with Crippen LogP contribution in [0.25, 0.3) is 0 Å². The van der Waals surface area contributed by atoms with Gasteiger partial charge in [-0.3, -0.25) is 0 Å². The molecule has 0 amide bonds. The fraction of sp³-hybridized carbons (Fsp3) is 0.500.